The van der Waals surface area contributed by atoms with E-state index in [4.69, 9.17) is 5.73 Å². The van der Waals surface area contributed by atoms with Gasteiger partial charge in [-0.15, -0.1) is 11.3 Å². The SMILES string of the molecule is Cc1nn(C)c(C)c1CC(N)CCc1cccs1. The Kier molecular flexibility index (Phi) is 4.19. The van der Waals surface area contributed by atoms with Crippen LogP contribution in [0.3, 0.4) is 0 Å². The molecular weight excluding hydrogens is 242 g/mol. The largest absolute Gasteiger partial charge is 0.327 e. The van der Waals surface area contributed by atoms with Crippen LogP contribution in [0, 0.1) is 13.8 Å². The first-order valence-electron chi connectivity index (χ1n) is 6.35. The summed E-state index contributed by atoms with van der Waals surface area (Å²) >= 11 is 1.81. The molecule has 0 fully saturated rings. The van der Waals surface area contributed by atoms with Crippen LogP contribution in [0.1, 0.15) is 28.2 Å². The van der Waals surface area contributed by atoms with Gasteiger partial charge in [-0.3, -0.25) is 4.68 Å². The molecule has 0 amide bonds. The van der Waals surface area contributed by atoms with E-state index in [0.717, 1.165) is 25.0 Å². The fraction of sp³-hybridized carbons (Fsp3) is 0.500. The zero-order valence-corrected chi connectivity index (χ0v) is 12.1. The van der Waals surface area contributed by atoms with E-state index in [2.05, 4.69) is 36.5 Å². The molecule has 3 nitrogen and oxygen atoms in total. The van der Waals surface area contributed by atoms with Gasteiger partial charge in [0.05, 0.1) is 5.69 Å². The molecule has 0 bridgehead atoms. The van der Waals surface area contributed by atoms with Gasteiger partial charge < -0.3 is 5.73 Å². The lowest BCUT2D eigenvalue weighted by atomic mass is 10.0. The number of nitrogens with zero attached hydrogens (tertiary/aromatic N) is 2. The van der Waals surface area contributed by atoms with E-state index < -0.39 is 0 Å². The van der Waals surface area contributed by atoms with Gasteiger partial charge in [0.1, 0.15) is 0 Å². The predicted octanol–water partition coefficient (Wildman–Crippen LogP) is 2.60. The standard InChI is InChI=1S/C14H21N3S/c1-10-14(11(2)17(3)16-10)9-12(15)6-7-13-5-4-8-18-13/h4-5,8,12H,6-7,9,15H2,1-3H3. The lowest BCUT2D eigenvalue weighted by Gasteiger charge is -2.11. The number of rotatable bonds is 5. The summed E-state index contributed by atoms with van der Waals surface area (Å²) in [5.41, 5.74) is 9.90. The number of aryl methyl sites for hydroxylation is 3. The third kappa shape index (κ3) is 3.00. The van der Waals surface area contributed by atoms with Crippen molar-refractivity contribution in [3.8, 4) is 0 Å². The summed E-state index contributed by atoms with van der Waals surface area (Å²) in [7, 11) is 1.99. The van der Waals surface area contributed by atoms with E-state index in [1.807, 2.05) is 23.1 Å². The minimum atomic E-state index is 0.216. The maximum atomic E-state index is 6.24. The molecule has 2 N–H and O–H groups in total. The normalized spacial score (nSPS) is 12.9. The van der Waals surface area contributed by atoms with Gasteiger partial charge in [-0.1, -0.05) is 6.07 Å². The Hall–Kier alpha value is -1.13. The monoisotopic (exact) mass is 263 g/mol. The van der Waals surface area contributed by atoms with E-state index in [9.17, 15) is 0 Å². The first-order chi connectivity index (χ1) is 8.58. The van der Waals surface area contributed by atoms with Gasteiger partial charge in [0.25, 0.3) is 0 Å². The molecule has 0 aliphatic carbocycles. The van der Waals surface area contributed by atoms with Gasteiger partial charge in [0, 0.05) is 23.7 Å². The van der Waals surface area contributed by atoms with Crippen LogP contribution in [-0.2, 0) is 19.9 Å². The van der Waals surface area contributed by atoms with Crippen LogP contribution in [0.25, 0.3) is 0 Å². The van der Waals surface area contributed by atoms with Gasteiger partial charge in [0.15, 0.2) is 0 Å². The van der Waals surface area contributed by atoms with Crippen LogP contribution >= 0.6 is 11.3 Å². The highest BCUT2D eigenvalue weighted by molar-refractivity contribution is 7.09. The van der Waals surface area contributed by atoms with Crippen molar-refractivity contribution in [2.24, 2.45) is 12.8 Å². The summed E-state index contributed by atoms with van der Waals surface area (Å²) in [4.78, 5) is 1.42. The van der Waals surface area contributed by atoms with E-state index >= 15 is 0 Å². The van der Waals surface area contributed by atoms with Crippen molar-refractivity contribution in [3.05, 3.63) is 39.3 Å². The fourth-order valence-electron chi connectivity index (χ4n) is 2.26. The number of nitrogens with two attached hydrogens (primary N) is 1. The lowest BCUT2D eigenvalue weighted by Crippen LogP contribution is -2.24. The molecule has 0 saturated heterocycles. The van der Waals surface area contributed by atoms with Gasteiger partial charge in [-0.2, -0.15) is 5.10 Å². The Morgan fingerprint density at radius 1 is 1.44 bits per heavy atom. The van der Waals surface area contributed by atoms with Crippen LogP contribution in [0.4, 0.5) is 0 Å². The molecule has 1 atom stereocenters. The van der Waals surface area contributed by atoms with Crippen LogP contribution in [-0.4, -0.2) is 15.8 Å². The minimum Gasteiger partial charge on any atom is -0.327 e. The Balaban J connectivity index is 1.92. The molecule has 2 aromatic rings. The van der Waals surface area contributed by atoms with Gasteiger partial charge >= 0.3 is 0 Å². The molecule has 0 aromatic carbocycles. The van der Waals surface area contributed by atoms with Crippen LogP contribution < -0.4 is 5.73 Å². The highest BCUT2D eigenvalue weighted by Crippen LogP contribution is 2.17. The smallest absolute Gasteiger partial charge is 0.0628 e. The first kappa shape index (κ1) is 13.3. The summed E-state index contributed by atoms with van der Waals surface area (Å²) < 4.78 is 1.94. The summed E-state index contributed by atoms with van der Waals surface area (Å²) in [6.45, 7) is 4.18. The third-order valence-electron chi connectivity index (χ3n) is 3.47. The van der Waals surface area contributed by atoms with Gasteiger partial charge in [0.2, 0.25) is 0 Å². The second-order valence-electron chi connectivity index (χ2n) is 4.86. The quantitative estimate of drug-likeness (QED) is 0.901. The maximum Gasteiger partial charge on any atom is 0.0628 e. The summed E-state index contributed by atoms with van der Waals surface area (Å²) in [5, 5.41) is 6.56. The Morgan fingerprint density at radius 3 is 2.78 bits per heavy atom. The van der Waals surface area contributed by atoms with Crippen molar-refractivity contribution in [1.29, 1.82) is 0 Å². The zero-order chi connectivity index (χ0) is 13.1. The average molecular weight is 263 g/mol. The number of hydrogen-bond acceptors (Lipinski definition) is 3. The predicted molar refractivity (Wildman–Crippen MR) is 77.0 cm³/mol. The summed E-state index contributed by atoms with van der Waals surface area (Å²) in [6.07, 6.45) is 3.04. The van der Waals surface area contributed by atoms with Crippen LogP contribution in [0.15, 0.2) is 17.5 Å². The molecule has 0 spiro atoms. The van der Waals surface area contributed by atoms with E-state index in [0.29, 0.717) is 0 Å². The van der Waals surface area contributed by atoms with Crippen molar-refractivity contribution in [2.75, 3.05) is 0 Å². The molecule has 0 aliphatic rings. The van der Waals surface area contributed by atoms with Gasteiger partial charge in [-0.25, -0.2) is 0 Å². The van der Waals surface area contributed by atoms with Crippen molar-refractivity contribution in [3.63, 3.8) is 0 Å². The second-order valence-corrected chi connectivity index (χ2v) is 5.89. The highest BCUT2D eigenvalue weighted by Gasteiger charge is 2.13. The van der Waals surface area contributed by atoms with Crippen molar-refractivity contribution < 1.29 is 0 Å². The van der Waals surface area contributed by atoms with E-state index in [1.54, 1.807) is 0 Å². The fourth-order valence-corrected chi connectivity index (χ4v) is 2.98. The molecule has 4 heteroatoms. The Labute approximate surface area is 113 Å². The Morgan fingerprint density at radius 2 is 2.22 bits per heavy atom. The van der Waals surface area contributed by atoms with Crippen molar-refractivity contribution in [1.82, 2.24) is 9.78 Å². The molecule has 0 aliphatic heterocycles. The molecule has 2 heterocycles. The molecule has 18 heavy (non-hydrogen) atoms. The molecule has 98 valence electrons. The van der Waals surface area contributed by atoms with Crippen molar-refractivity contribution in [2.45, 2.75) is 39.2 Å². The third-order valence-corrected chi connectivity index (χ3v) is 4.40. The molecule has 0 radical (unpaired) electrons. The zero-order valence-electron chi connectivity index (χ0n) is 11.3. The second kappa shape index (κ2) is 5.67. The molecule has 0 saturated carbocycles. The van der Waals surface area contributed by atoms with Crippen LogP contribution in [0.5, 0.6) is 0 Å². The molecule has 2 aromatic heterocycles. The van der Waals surface area contributed by atoms with E-state index in [-0.39, 0.29) is 6.04 Å². The van der Waals surface area contributed by atoms with Crippen molar-refractivity contribution >= 4 is 11.3 Å². The molecule has 1 unspecified atom stereocenters. The number of aromatic nitrogens is 2. The topological polar surface area (TPSA) is 43.8 Å². The number of thiophene rings is 1. The van der Waals surface area contributed by atoms with E-state index in [1.165, 1.54) is 16.1 Å². The minimum absolute atomic E-state index is 0.216. The lowest BCUT2D eigenvalue weighted by molar-refractivity contribution is 0.609. The van der Waals surface area contributed by atoms with Crippen LogP contribution in [0.2, 0.25) is 0 Å². The number of hydrogen-bond donors (Lipinski definition) is 1. The maximum absolute atomic E-state index is 6.24. The molecule has 2 rings (SSSR count). The average Bonchev–Trinajstić information content (AvgIpc) is 2.92. The first-order valence-corrected chi connectivity index (χ1v) is 7.23. The summed E-state index contributed by atoms with van der Waals surface area (Å²) in [5.74, 6) is 0. The Bertz CT molecular complexity index is 499. The molecular formula is C14H21N3S. The highest BCUT2D eigenvalue weighted by atomic mass is 32.1. The summed E-state index contributed by atoms with van der Waals surface area (Å²) in [6, 6.07) is 4.49. The van der Waals surface area contributed by atoms with Gasteiger partial charge in [-0.05, 0) is 50.1 Å².